The molecule has 0 radical (unpaired) electrons. The number of phenolic OH excluding ortho intramolecular Hbond substituents is 1. The molecule has 1 N–H and O–H groups in total. The van der Waals surface area contributed by atoms with Gasteiger partial charge in [-0.3, -0.25) is 19.3 Å². The van der Waals surface area contributed by atoms with Crippen LogP contribution in [0.2, 0.25) is 0 Å². The first-order valence-electron chi connectivity index (χ1n) is 9.83. The number of benzene rings is 2. The van der Waals surface area contributed by atoms with E-state index in [9.17, 15) is 14.7 Å². The van der Waals surface area contributed by atoms with Gasteiger partial charge in [0, 0.05) is 5.54 Å². The Hall–Kier alpha value is -2.70. The number of carbonyl (C=O) groups is 2. The molecule has 2 aliphatic heterocycles. The second kappa shape index (κ2) is 6.97. The highest BCUT2D eigenvalue weighted by Gasteiger charge is 2.61. The van der Waals surface area contributed by atoms with Crippen molar-refractivity contribution in [3.63, 3.8) is 0 Å². The Balaban J connectivity index is 1.72. The predicted molar refractivity (Wildman–Crippen MR) is 108 cm³/mol. The maximum absolute atomic E-state index is 13.4. The molecule has 2 fully saturated rings. The molecule has 2 amide bonds. The summed E-state index contributed by atoms with van der Waals surface area (Å²) in [6.45, 7) is 8.03. The van der Waals surface area contributed by atoms with Gasteiger partial charge in [-0.15, -0.1) is 0 Å². The van der Waals surface area contributed by atoms with Crippen LogP contribution in [0.1, 0.15) is 43.5 Å². The molecule has 152 valence electrons. The van der Waals surface area contributed by atoms with Crippen molar-refractivity contribution in [3.8, 4) is 5.75 Å². The van der Waals surface area contributed by atoms with Crippen molar-refractivity contribution in [1.29, 1.82) is 0 Å². The Morgan fingerprint density at radius 3 is 2.34 bits per heavy atom. The first-order chi connectivity index (χ1) is 13.7. The Morgan fingerprint density at radius 2 is 1.72 bits per heavy atom. The summed E-state index contributed by atoms with van der Waals surface area (Å²) in [5, 5.41) is 11.7. The van der Waals surface area contributed by atoms with Crippen LogP contribution in [0.25, 0.3) is 0 Å². The lowest BCUT2D eigenvalue weighted by Crippen LogP contribution is -2.44. The van der Waals surface area contributed by atoms with E-state index in [0.29, 0.717) is 0 Å². The average Bonchev–Trinajstić information content (AvgIpc) is 3.17. The summed E-state index contributed by atoms with van der Waals surface area (Å²) in [4.78, 5) is 33.9. The van der Waals surface area contributed by atoms with Crippen LogP contribution in [-0.2, 0) is 21.0 Å². The van der Waals surface area contributed by atoms with Crippen molar-refractivity contribution >= 4 is 11.8 Å². The fourth-order valence-electron chi connectivity index (χ4n) is 4.17. The van der Waals surface area contributed by atoms with Gasteiger partial charge < -0.3 is 5.11 Å². The molecule has 2 saturated heterocycles. The van der Waals surface area contributed by atoms with Crippen LogP contribution in [0.4, 0.5) is 0 Å². The van der Waals surface area contributed by atoms with Crippen molar-refractivity contribution in [3.05, 3.63) is 65.2 Å². The van der Waals surface area contributed by atoms with E-state index in [1.807, 2.05) is 64.1 Å². The molecule has 2 aromatic rings. The molecule has 0 spiro atoms. The molecule has 0 aromatic heterocycles. The summed E-state index contributed by atoms with van der Waals surface area (Å²) in [6, 6.07) is 14.4. The van der Waals surface area contributed by atoms with Gasteiger partial charge in [0.15, 0.2) is 6.10 Å². The number of rotatable bonds is 3. The number of imide groups is 1. The molecule has 2 heterocycles. The molecule has 0 saturated carbocycles. The van der Waals surface area contributed by atoms with Gasteiger partial charge in [0.05, 0.1) is 18.5 Å². The Labute approximate surface area is 170 Å². The van der Waals surface area contributed by atoms with E-state index >= 15 is 0 Å². The number of aromatic hydroxyl groups is 1. The average molecular weight is 394 g/mol. The summed E-state index contributed by atoms with van der Waals surface area (Å²) in [5.41, 5.74) is 2.06. The largest absolute Gasteiger partial charge is 0.508 e. The van der Waals surface area contributed by atoms with Crippen molar-refractivity contribution in [2.24, 2.45) is 5.92 Å². The SMILES string of the molecule is Cc1cc(C2C3C(=O)N(Cc4ccccc4)C(=O)C3ON2C(C)(C)C)ccc1O. The summed E-state index contributed by atoms with van der Waals surface area (Å²) in [6.07, 6.45) is -0.829. The van der Waals surface area contributed by atoms with Crippen LogP contribution in [0, 0.1) is 12.8 Å². The number of phenols is 1. The lowest BCUT2D eigenvalue weighted by molar-refractivity contribution is -0.216. The molecule has 0 aliphatic carbocycles. The number of amides is 2. The van der Waals surface area contributed by atoms with E-state index < -0.39 is 23.6 Å². The minimum absolute atomic E-state index is 0.200. The number of nitrogens with zero attached hydrogens (tertiary/aromatic N) is 2. The van der Waals surface area contributed by atoms with E-state index in [0.717, 1.165) is 16.7 Å². The van der Waals surface area contributed by atoms with E-state index in [4.69, 9.17) is 4.84 Å². The van der Waals surface area contributed by atoms with Crippen LogP contribution in [0.15, 0.2) is 48.5 Å². The van der Waals surface area contributed by atoms with Gasteiger partial charge in [-0.1, -0.05) is 42.5 Å². The molecule has 6 nitrogen and oxygen atoms in total. The summed E-state index contributed by atoms with van der Waals surface area (Å²) >= 11 is 0. The van der Waals surface area contributed by atoms with Crippen LogP contribution < -0.4 is 0 Å². The molecular formula is C23H26N2O4. The number of hydrogen-bond donors (Lipinski definition) is 1. The zero-order valence-corrected chi connectivity index (χ0v) is 17.1. The normalized spacial score (nSPS) is 25.0. The van der Waals surface area contributed by atoms with Crippen molar-refractivity contribution in [1.82, 2.24) is 9.96 Å². The Morgan fingerprint density at radius 1 is 1.03 bits per heavy atom. The highest BCUT2D eigenvalue weighted by atomic mass is 16.7. The van der Waals surface area contributed by atoms with Crippen LogP contribution in [-0.4, -0.2) is 38.5 Å². The Bertz CT molecular complexity index is 951. The lowest BCUT2D eigenvalue weighted by atomic mass is 9.88. The highest BCUT2D eigenvalue weighted by Crippen LogP contribution is 2.48. The topological polar surface area (TPSA) is 70.1 Å². The molecule has 6 heteroatoms. The first-order valence-corrected chi connectivity index (χ1v) is 9.83. The number of aryl methyl sites for hydroxylation is 1. The smallest absolute Gasteiger partial charge is 0.261 e. The quantitative estimate of drug-likeness (QED) is 0.809. The zero-order chi connectivity index (χ0) is 20.9. The van der Waals surface area contributed by atoms with E-state index in [1.54, 1.807) is 17.2 Å². The summed E-state index contributed by atoms with van der Waals surface area (Å²) in [7, 11) is 0. The third-order valence-electron chi connectivity index (χ3n) is 5.61. The van der Waals surface area contributed by atoms with Gasteiger partial charge >= 0.3 is 0 Å². The van der Waals surface area contributed by atoms with Gasteiger partial charge in [0.1, 0.15) is 5.75 Å². The van der Waals surface area contributed by atoms with Crippen molar-refractivity contribution in [2.75, 3.05) is 0 Å². The highest BCUT2D eigenvalue weighted by molar-refractivity contribution is 6.07. The van der Waals surface area contributed by atoms with E-state index in [2.05, 4.69) is 0 Å². The lowest BCUT2D eigenvalue weighted by Gasteiger charge is -2.37. The molecule has 29 heavy (non-hydrogen) atoms. The fourth-order valence-corrected chi connectivity index (χ4v) is 4.17. The summed E-state index contributed by atoms with van der Waals surface area (Å²) < 4.78 is 0. The minimum atomic E-state index is -0.829. The third-order valence-corrected chi connectivity index (χ3v) is 5.61. The maximum atomic E-state index is 13.4. The second-order valence-corrected chi connectivity index (χ2v) is 8.79. The first kappa shape index (κ1) is 19.6. The molecule has 4 rings (SSSR count). The monoisotopic (exact) mass is 394 g/mol. The second-order valence-electron chi connectivity index (χ2n) is 8.79. The molecular weight excluding hydrogens is 368 g/mol. The number of fused-ring (bicyclic) bond motifs is 1. The predicted octanol–water partition coefficient (Wildman–Crippen LogP) is 3.34. The number of hydrogen-bond acceptors (Lipinski definition) is 5. The van der Waals surface area contributed by atoms with E-state index in [1.165, 1.54) is 4.90 Å². The van der Waals surface area contributed by atoms with Gasteiger partial charge in [0.25, 0.3) is 5.91 Å². The fraction of sp³-hybridized carbons (Fsp3) is 0.391. The van der Waals surface area contributed by atoms with E-state index in [-0.39, 0.29) is 24.1 Å². The maximum Gasteiger partial charge on any atom is 0.261 e. The van der Waals surface area contributed by atoms with Crippen LogP contribution in [0.3, 0.4) is 0 Å². The molecule has 3 atom stereocenters. The standard InChI is InChI=1S/C23H26N2O4/c1-14-12-16(10-11-17(14)26)19-18-20(29-25(19)23(2,3)4)22(28)24(21(18)27)13-15-8-6-5-7-9-15/h5-12,18-20,26H,13H2,1-4H3. The van der Waals surface area contributed by atoms with Crippen LogP contribution >= 0.6 is 0 Å². The molecule has 0 bridgehead atoms. The van der Waals surface area contributed by atoms with Gasteiger partial charge in [-0.05, 0) is 50.5 Å². The van der Waals surface area contributed by atoms with Crippen LogP contribution in [0.5, 0.6) is 5.75 Å². The van der Waals surface area contributed by atoms with Gasteiger partial charge in [0.2, 0.25) is 5.91 Å². The number of carbonyl (C=O) groups excluding carboxylic acids is 2. The minimum Gasteiger partial charge on any atom is -0.508 e. The third kappa shape index (κ3) is 3.32. The van der Waals surface area contributed by atoms with Gasteiger partial charge in [-0.25, -0.2) is 0 Å². The Kier molecular flexibility index (Phi) is 4.71. The van der Waals surface area contributed by atoms with Crippen molar-refractivity contribution < 1.29 is 19.5 Å². The number of hydroxylamine groups is 2. The summed E-state index contributed by atoms with van der Waals surface area (Å²) in [5.74, 6) is -0.928. The molecule has 2 aromatic carbocycles. The molecule has 2 aliphatic rings. The zero-order valence-electron chi connectivity index (χ0n) is 17.1. The number of likely N-dealkylation sites (tertiary alicyclic amines) is 1. The molecule has 3 unspecified atom stereocenters. The van der Waals surface area contributed by atoms with Crippen molar-refractivity contribution in [2.45, 2.75) is 51.9 Å². The van der Waals surface area contributed by atoms with Gasteiger partial charge in [-0.2, -0.15) is 5.06 Å².